The second-order valence-electron chi connectivity index (χ2n) is 4.43. The molecule has 102 valence electrons. The van der Waals surface area contributed by atoms with E-state index in [9.17, 15) is 10.2 Å². The lowest BCUT2D eigenvalue weighted by Gasteiger charge is -2.25. The van der Waals surface area contributed by atoms with Gasteiger partial charge in [-0.25, -0.2) is 0 Å². The third-order valence-corrected chi connectivity index (χ3v) is 2.97. The molecule has 0 saturated carbocycles. The first kappa shape index (κ1) is 14.9. The Morgan fingerprint density at radius 2 is 2.12 bits per heavy atom. The highest BCUT2D eigenvalue weighted by Crippen LogP contribution is 2.20. The maximum absolute atomic E-state index is 9.75. The van der Waals surface area contributed by atoms with Gasteiger partial charge in [-0.05, 0) is 6.42 Å². The number of aliphatic hydroxyl groups is 2. The lowest BCUT2D eigenvalue weighted by Crippen LogP contribution is -2.42. The van der Waals surface area contributed by atoms with Gasteiger partial charge < -0.3 is 24.4 Å². The minimum Gasteiger partial charge on any atom is -0.388 e. The summed E-state index contributed by atoms with van der Waals surface area (Å²) in [6.07, 6.45) is 0.730. The molecule has 0 radical (unpaired) electrons. The van der Waals surface area contributed by atoms with Crippen LogP contribution in [0.1, 0.15) is 26.2 Å². The Morgan fingerprint density at radius 3 is 2.65 bits per heavy atom. The number of hydrogen-bond donors (Lipinski definition) is 2. The molecule has 1 fully saturated rings. The summed E-state index contributed by atoms with van der Waals surface area (Å²) in [5.74, 6) is 0. The normalized spacial score (nSPS) is 30.7. The van der Waals surface area contributed by atoms with Crippen LogP contribution in [0.4, 0.5) is 0 Å². The van der Waals surface area contributed by atoms with Crippen molar-refractivity contribution < 1.29 is 24.4 Å². The molecule has 0 aromatic rings. The Morgan fingerprint density at radius 1 is 1.35 bits per heavy atom. The molecule has 4 atom stereocenters. The third-order valence-electron chi connectivity index (χ3n) is 2.97. The van der Waals surface area contributed by atoms with Crippen molar-refractivity contribution in [1.29, 1.82) is 0 Å². The molecule has 1 aliphatic heterocycles. The van der Waals surface area contributed by atoms with Crippen LogP contribution in [0, 0.1) is 0 Å². The number of rotatable bonds is 8. The zero-order valence-electron chi connectivity index (χ0n) is 10.7. The van der Waals surface area contributed by atoms with Gasteiger partial charge in [0.1, 0.15) is 24.4 Å². The van der Waals surface area contributed by atoms with Crippen molar-refractivity contribution in [2.45, 2.75) is 50.6 Å². The van der Waals surface area contributed by atoms with Crippen molar-refractivity contribution in [3.63, 3.8) is 0 Å². The summed E-state index contributed by atoms with van der Waals surface area (Å²) in [4.78, 5) is 0. The van der Waals surface area contributed by atoms with E-state index in [0.29, 0.717) is 13.2 Å². The molecule has 5 heteroatoms. The van der Waals surface area contributed by atoms with Crippen LogP contribution in [0.15, 0.2) is 0 Å². The van der Waals surface area contributed by atoms with Gasteiger partial charge in [0.2, 0.25) is 0 Å². The minimum atomic E-state index is -0.888. The van der Waals surface area contributed by atoms with E-state index in [1.54, 1.807) is 7.11 Å². The first-order valence-corrected chi connectivity index (χ1v) is 6.29. The summed E-state index contributed by atoms with van der Waals surface area (Å²) in [6.45, 7) is 3.28. The summed E-state index contributed by atoms with van der Waals surface area (Å²) in [6, 6.07) is 0. The smallest absolute Gasteiger partial charge is 0.114 e. The predicted molar refractivity (Wildman–Crippen MR) is 62.9 cm³/mol. The van der Waals surface area contributed by atoms with Crippen molar-refractivity contribution in [3.8, 4) is 0 Å². The highest BCUT2D eigenvalue weighted by Gasteiger charge is 2.40. The van der Waals surface area contributed by atoms with Crippen LogP contribution in [-0.2, 0) is 14.2 Å². The SMILES string of the molecule is CCCCCOC(COC)C1OC[C@@H](O)C1O. The average Bonchev–Trinajstić information content (AvgIpc) is 2.64. The van der Waals surface area contributed by atoms with Gasteiger partial charge in [-0.3, -0.25) is 0 Å². The van der Waals surface area contributed by atoms with Gasteiger partial charge in [0.05, 0.1) is 13.2 Å². The Bertz CT molecular complexity index is 199. The maximum Gasteiger partial charge on any atom is 0.114 e. The molecule has 1 heterocycles. The summed E-state index contributed by atoms with van der Waals surface area (Å²) in [5, 5.41) is 19.2. The number of aliphatic hydroxyl groups excluding tert-OH is 2. The lowest BCUT2D eigenvalue weighted by molar-refractivity contribution is -0.106. The molecule has 17 heavy (non-hydrogen) atoms. The number of hydrogen-bond acceptors (Lipinski definition) is 5. The molecule has 1 rings (SSSR count). The van der Waals surface area contributed by atoms with Gasteiger partial charge in [0.15, 0.2) is 0 Å². The molecular weight excluding hydrogens is 224 g/mol. The van der Waals surface area contributed by atoms with Crippen LogP contribution in [0.25, 0.3) is 0 Å². The standard InChI is InChI=1S/C12H24O5/c1-3-4-5-6-16-10(8-15-2)12-11(14)9(13)7-17-12/h9-14H,3-8H2,1-2H3/t9-,10?,11?,12?/m1/s1. The number of methoxy groups -OCH3 is 1. The summed E-state index contributed by atoms with van der Waals surface area (Å²) in [5.41, 5.74) is 0. The van der Waals surface area contributed by atoms with Gasteiger partial charge in [-0.2, -0.15) is 0 Å². The van der Waals surface area contributed by atoms with E-state index < -0.39 is 18.3 Å². The monoisotopic (exact) mass is 248 g/mol. The largest absolute Gasteiger partial charge is 0.388 e. The molecule has 2 N–H and O–H groups in total. The average molecular weight is 248 g/mol. The molecule has 0 bridgehead atoms. The van der Waals surface area contributed by atoms with Crippen LogP contribution in [-0.4, -0.2) is 61.6 Å². The second-order valence-corrected chi connectivity index (χ2v) is 4.43. The van der Waals surface area contributed by atoms with Gasteiger partial charge in [0, 0.05) is 13.7 Å². The maximum atomic E-state index is 9.75. The number of ether oxygens (including phenoxy) is 3. The number of unbranched alkanes of at least 4 members (excludes halogenated alkanes) is 2. The molecule has 0 aromatic heterocycles. The minimum absolute atomic E-state index is 0.157. The quantitative estimate of drug-likeness (QED) is 0.606. The molecule has 0 amide bonds. The first-order chi connectivity index (χ1) is 8.20. The van der Waals surface area contributed by atoms with Gasteiger partial charge in [0.25, 0.3) is 0 Å². The van der Waals surface area contributed by atoms with E-state index in [1.165, 1.54) is 0 Å². The fourth-order valence-electron chi connectivity index (χ4n) is 1.94. The summed E-state index contributed by atoms with van der Waals surface area (Å²) in [7, 11) is 1.58. The Balaban J connectivity index is 2.36. The molecule has 3 unspecified atom stereocenters. The van der Waals surface area contributed by atoms with E-state index in [4.69, 9.17) is 14.2 Å². The molecule has 0 aromatic carbocycles. The van der Waals surface area contributed by atoms with Crippen LogP contribution >= 0.6 is 0 Å². The first-order valence-electron chi connectivity index (χ1n) is 6.29. The van der Waals surface area contributed by atoms with E-state index >= 15 is 0 Å². The molecule has 0 spiro atoms. The highest BCUT2D eigenvalue weighted by atomic mass is 16.6. The Kier molecular flexibility index (Phi) is 6.99. The van der Waals surface area contributed by atoms with Crippen LogP contribution in [0.3, 0.4) is 0 Å². The Labute approximate surface area is 103 Å². The topological polar surface area (TPSA) is 68.2 Å². The van der Waals surface area contributed by atoms with Crippen molar-refractivity contribution >= 4 is 0 Å². The summed E-state index contributed by atoms with van der Waals surface area (Å²) < 4.78 is 16.1. The van der Waals surface area contributed by atoms with Gasteiger partial charge >= 0.3 is 0 Å². The fourth-order valence-corrected chi connectivity index (χ4v) is 1.94. The predicted octanol–water partition coefficient (Wildman–Crippen LogP) is 0.329. The van der Waals surface area contributed by atoms with Crippen LogP contribution in [0.2, 0.25) is 0 Å². The van der Waals surface area contributed by atoms with Gasteiger partial charge in [-0.1, -0.05) is 19.8 Å². The van der Waals surface area contributed by atoms with E-state index in [-0.39, 0.29) is 12.7 Å². The molecule has 1 aliphatic rings. The summed E-state index contributed by atoms with van der Waals surface area (Å²) >= 11 is 0. The molecule has 0 aliphatic carbocycles. The Hall–Kier alpha value is -0.200. The second kappa shape index (κ2) is 8.00. The van der Waals surface area contributed by atoms with Crippen molar-refractivity contribution in [2.24, 2.45) is 0 Å². The van der Waals surface area contributed by atoms with E-state index in [0.717, 1.165) is 19.3 Å². The lowest BCUT2D eigenvalue weighted by atomic mass is 10.1. The zero-order chi connectivity index (χ0) is 12.7. The van der Waals surface area contributed by atoms with Crippen LogP contribution in [0.5, 0.6) is 0 Å². The van der Waals surface area contributed by atoms with Gasteiger partial charge in [-0.15, -0.1) is 0 Å². The fraction of sp³-hybridized carbons (Fsp3) is 1.00. The molecule has 1 saturated heterocycles. The molecular formula is C12H24O5. The van der Waals surface area contributed by atoms with Crippen molar-refractivity contribution in [3.05, 3.63) is 0 Å². The third kappa shape index (κ3) is 4.52. The van der Waals surface area contributed by atoms with E-state index in [1.807, 2.05) is 0 Å². The molecule has 5 nitrogen and oxygen atoms in total. The highest BCUT2D eigenvalue weighted by molar-refractivity contribution is 4.88. The van der Waals surface area contributed by atoms with Crippen molar-refractivity contribution in [2.75, 3.05) is 26.9 Å². The van der Waals surface area contributed by atoms with Crippen LogP contribution < -0.4 is 0 Å². The zero-order valence-corrected chi connectivity index (χ0v) is 10.7. The van der Waals surface area contributed by atoms with E-state index in [2.05, 4.69) is 6.92 Å². The van der Waals surface area contributed by atoms with Crippen molar-refractivity contribution in [1.82, 2.24) is 0 Å².